The molecule has 0 saturated carbocycles. The zero-order chi connectivity index (χ0) is 19.0. The molecule has 1 saturated heterocycles. The molecule has 0 radical (unpaired) electrons. The Kier molecular flexibility index (Phi) is 4.47. The molecular weight excluding hydrogens is 341 g/mol. The van der Waals surface area contributed by atoms with Crippen molar-refractivity contribution >= 4 is 29.3 Å². The van der Waals surface area contributed by atoms with Crippen LogP contribution in [-0.2, 0) is 9.59 Å². The van der Waals surface area contributed by atoms with Crippen LogP contribution >= 0.6 is 0 Å². The fourth-order valence-corrected chi connectivity index (χ4v) is 3.12. The molecule has 0 aliphatic carbocycles. The topological polar surface area (TPSA) is 86.8 Å². The number of nitrogens with one attached hydrogen (secondary N) is 1. The molecule has 1 unspecified atom stereocenters. The van der Waals surface area contributed by atoms with Crippen molar-refractivity contribution in [2.24, 2.45) is 0 Å². The first kappa shape index (κ1) is 17.6. The largest absolute Gasteiger partial charge is 0.371 e. The number of imide groups is 2. The van der Waals surface area contributed by atoms with Crippen LogP contribution in [0.2, 0.25) is 0 Å². The molecule has 1 atom stereocenters. The van der Waals surface area contributed by atoms with Crippen molar-refractivity contribution in [1.29, 1.82) is 0 Å². The third-order valence-corrected chi connectivity index (χ3v) is 4.51. The van der Waals surface area contributed by atoms with Crippen LogP contribution in [0.3, 0.4) is 0 Å². The summed E-state index contributed by atoms with van der Waals surface area (Å²) < 4.78 is 14.4. The molecule has 0 bridgehead atoms. The maximum atomic E-state index is 14.4. The highest BCUT2D eigenvalue weighted by Crippen LogP contribution is 2.32. The summed E-state index contributed by atoms with van der Waals surface area (Å²) in [6, 6.07) is 1.22. The number of carbonyl (C=O) groups excluding carboxylic acids is 4. The third-order valence-electron chi connectivity index (χ3n) is 4.51. The first-order chi connectivity index (χ1) is 12.3. The number of fused-ring (bicyclic) bond motifs is 1. The number of carbonyl (C=O) groups is 4. The number of anilines is 1. The SMILES string of the molecule is C#CCCN(C)c1cc2c(cc1F)C(=O)N(C1CCC(=O)NC1=O)C2=O. The van der Waals surface area contributed by atoms with Crippen LogP contribution in [0.5, 0.6) is 0 Å². The quantitative estimate of drug-likeness (QED) is 0.633. The van der Waals surface area contributed by atoms with Gasteiger partial charge in [0, 0.05) is 26.4 Å². The number of hydrogen-bond acceptors (Lipinski definition) is 5. The van der Waals surface area contributed by atoms with Gasteiger partial charge in [-0.25, -0.2) is 4.39 Å². The number of amides is 4. The second-order valence-corrected chi connectivity index (χ2v) is 6.17. The Morgan fingerprint density at radius 2 is 1.92 bits per heavy atom. The Labute approximate surface area is 149 Å². The smallest absolute Gasteiger partial charge is 0.262 e. The van der Waals surface area contributed by atoms with E-state index in [2.05, 4.69) is 11.2 Å². The summed E-state index contributed by atoms with van der Waals surface area (Å²) in [5, 5.41) is 2.11. The number of benzene rings is 1. The fraction of sp³-hybridized carbons (Fsp3) is 0.333. The van der Waals surface area contributed by atoms with Crippen LogP contribution in [0.4, 0.5) is 10.1 Å². The minimum absolute atomic E-state index is 0.0260. The van der Waals surface area contributed by atoms with Gasteiger partial charge in [-0.05, 0) is 18.6 Å². The molecule has 2 heterocycles. The van der Waals surface area contributed by atoms with Gasteiger partial charge in [0.2, 0.25) is 11.8 Å². The fourth-order valence-electron chi connectivity index (χ4n) is 3.12. The summed E-state index contributed by atoms with van der Waals surface area (Å²) in [6.45, 7) is 0.380. The van der Waals surface area contributed by atoms with Crippen molar-refractivity contribution in [2.45, 2.75) is 25.3 Å². The number of rotatable bonds is 4. The summed E-state index contributed by atoms with van der Waals surface area (Å²) in [7, 11) is 1.63. The van der Waals surface area contributed by atoms with Gasteiger partial charge in [-0.2, -0.15) is 0 Å². The van der Waals surface area contributed by atoms with Crippen molar-refractivity contribution in [1.82, 2.24) is 10.2 Å². The second-order valence-electron chi connectivity index (χ2n) is 6.17. The highest BCUT2D eigenvalue weighted by Gasteiger charge is 2.45. The summed E-state index contributed by atoms with van der Waals surface area (Å²) in [4.78, 5) is 50.9. The van der Waals surface area contributed by atoms with Gasteiger partial charge in [-0.3, -0.25) is 29.4 Å². The number of halogens is 1. The van der Waals surface area contributed by atoms with Crippen molar-refractivity contribution in [3.05, 3.63) is 29.1 Å². The first-order valence-corrected chi connectivity index (χ1v) is 8.05. The lowest BCUT2D eigenvalue weighted by molar-refractivity contribution is -0.136. The molecule has 134 valence electrons. The van der Waals surface area contributed by atoms with E-state index in [1.54, 1.807) is 11.9 Å². The lowest BCUT2D eigenvalue weighted by Crippen LogP contribution is -2.54. The van der Waals surface area contributed by atoms with E-state index in [0.29, 0.717) is 13.0 Å². The highest BCUT2D eigenvalue weighted by atomic mass is 19.1. The Hall–Kier alpha value is -3.21. The number of nitrogens with zero attached hydrogens (tertiary/aromatic N) is 2. The van der Waals surface area contributed by atoms with Crippen LogP contribution < -0.4 is 10.2 Å². The standard InChI is InChI=1S/C18H16FN3O4/c1-3-4-7-21(2)14-9-11-10(8-12(14)19)17(25)22(18(11)26)13-5-6-15(23)20-16(13)24/h1,8-9,13H,4-7H2,2H3,(H,20,23,24). The molecule has 4 amide bonds. The van der Waals surface area contributed by atoms with Gasteiger partial charge < -0.3 is 4.90 Å². The van der Waals surface area contributed by atoms with Gasteiger partial charge in [-0.1, -0.05) is 0 Å². The Bertz CT molecular complexity index is 874. The number of piperidine rings is 1. The van der Waals surface area contributed by atoms with E-state index in [1.807, 2.05) is 0 Å². The minimum atomic E-state index is -1.08. The van der Waals surface area contributed by atoms with Gasteiger partial charge in [-0.15, -0.1) is 12.3 Å². The van der Waals surface area contributed by atoms with E-state index < -0.39 is 35.5 Å². The first-order valence-electron chi connectivity index (χ1n) is 8.05. The molecule has 7 nitrogen and oxygen atoms in total. The predicted molar refractivity (Wildman–Crippen MR) is 89.8 cm³/mol. The van der Waals surface area contributed by atoms with Crippen LogP contribution in [0, 0.1) is 18.2 Å². The molecule has 3 rings (SSSR count). The molecule has 1 aromatic carbocycles. The Morgan fingerprint density at radius 3 is 2.54 bits per heavy atom. The van der Waals surface area contributed by atoms with Gasteiger partial charge in [0.15, 0.2) is 0 Å². The average molecular weight is 357 g/mol. The lowest BCUT2D eigenvalue weighted by atomic mass is 10.0. The molecular formula is C18H16FN3O4. The molecule has 1 N–H and O–H groups in total. The summed E-state index contributed by atoms with van der Waals surface area (Å²) >= 11 is 0. The molecule has 8 heteroatoms. The number of terminal acetylenes is 1. The maximum Gasteiger partial charge on any atom is 0.262 e. The maximum absolute atomic E-state index is 14.4. The number of hydrogen-bond donors (Lipinski definition) is 1. The molecule has 1 aromatic rings. The lowest BCUT2D eigenvalue weighted by Gasteiger charge is -2.27. The molecule has 0 aromatic heterocycles. The monoisotopic (exact) mass is 357 g/mol. The van der Waals surface area contributed by atoms with Crippen LogP contribution in [-0.4, -0.2) is 48.2 Å². The predicted octanol–water partition coefficient (Wildman–Crippen LogP) is 0.686. The van der Waals surface area contributed by atoms with Crippen LogP contribution in [0.25, 0.3) is 0 Å². The van der Waals surface area contributed by atoms with Crippen molar-refractivity contribution < 1.29 is 23.6 Å². The summed E-state index contributed by atoms with van der Waals surface area (Å²) in [5.41, 5.74) is 0.0835. The highest BCUT2D eigenvalue weighted by molar-refractivity contribution is 6.23. The van der Waals surface area contributed by atoms with Crippen LogP contribution in [0.1, 0.15) is 40.0 Å². The van der Waals surface area contributed by atoms with Crippen molar-refractivity contribution in [3.63, 3.8) is 0 Å². The zero-order valence-electron chi connectivity index (χ0n) is 14.0. The van der Waals surface area contributed by atoms with Crippen molar-refractivity contribution in [3.8, 4) is 12.3 Å². The third kappa shape index (κ3) is 2.81. The summed E-state index contributed by atoms with van der Waals surface area (Å²) in [6.07, 6.45) is 5.68. The minimum Gasteiger partial charge on any atom is -0.371 e. The second kappa shape index (κ2) is 6.59. The molecule has 2 aliphatic heterocycles. The van der Waals surface area contributed by atoms with E-state index in [4.69, 9.17) is 6.42 Å². The summed E-state index contributed by atoms with van der Waals surface area (Å²) in [5.74, 6) is -0.782. The van der Waals surface area contributed by atoms with Crippen LogP contribution in [0.15, 0.2) is 12.1 Å². The average Bonchev–Trinajstić information content (AvgIpc) is 2.83. The molecule has 26 heavy (non-hydrogen) atoms. The van der Waals surface area contributed by atoms with E-state index in [1.165, 1.54) is 6.07 Å². The normalized spacial score (nSPS) is 19.3. The van der Waals surface area contributed by atoms with Gasteiger partial charge in [0.1, 0.15) is 11.9 Å². The van der Waals surface area contributed by atoms with Gasteiger partial charge >= 0.3 is 0 Å². The zero-order valence-corrected chi connectivity index (χ0v) is 14.0. The Morgan fingerprint density at radius 1 is 1.27 bits per heavy atom. The van der Waals surface area contributed by atoms with Crippen molar-refractivity contribution in [2.75, 3.05) is 18.5 Å². The van der Waals surface area contributed by atoms with E-state index >= 15 is 0 Å². The van der Waals surface area contributed by atoms with E-state index in [0.717, 1.165) is 11.0 Å². The van der Waals surface area contributed by atoms with E-state index in [-0.39, 0.29) is 29.7 Å². The molecule has 0 spiro atoms. The molecule has 2 aliphatic rings. The van der Waals surface area contributed by atoms with Gasteiger partial charge in [0.05, 0.1) is 16.8 Å². The molecule has 1 fully saturated rings. The van der Waals surface area contributed by atoms with E-state index in [9.17, 15) is 23.6 Å². The Balaban J connectivity index is 1.94. The van der Waals surface area contributed by atoms with Gasteiger partial charge in [0.25, 0.3) is 11.8 Å².